The monoisotopic (exact) mass is 556 g/mol. The van der Waals surface area contributed by atoms with Crippen LogP contribution in [0.5, 0.6) is 23.0 Å². The van der Waals surface area contributed by atoms with Crippen molar-refractivity contribution in [3.63, 3.8) is 0 Å². The molecule has 4 aromatic carbocycles. The van der Waals surface area contributed by atoms with Gasteiger partial charge in [-0.25, -0.2) is 14.1 Å². The number of hydrogen-bond acceptors (Lipinski definition) is 5. The van der Waals surface area contributed by atoms with Gasteiger partial charge in [0.05, 0.1) is 42.7 Å². The van der Waals surface area contributed by atoms with Crippen molar-refractivity contribution in [1.82, 2.24) is 19.3 Å². The van der Waals surface area contributed by atoms with E-state index in [2.05, 4.69) is 16.1 Å². The van der Waals surface area contributed by atoms with Gasteiger partial charge in [-0.3, -0.25) is 4.57 Å². The van der Waals surface area contributed by atoms with Crippen molar-refractivity contribution in [1.29, 1.82) is 0 Å². The lowest BCUT2D eigenvalue weighted by molar-refractivity contribution is 0.397. The summed E-state index contributed by atoms with van der Waals surface area (Å²) in [5, 5.41) is 6.66. The molecular formula is C34H25FN4O3. The number of pyridine rings is 1. The summed E-state index contributed by atoms with van der Waals surface area (Å²) in [5.74, 6) is 2.84. The van der Waals surface area contributed by atoms with Crippen LogP contribution in [0.15, 0.2) is 116 Å². The normalized spacial score (nSPS) is 11.2. The van der Waals surface area contributed by atoms with Gasteiger partial charge in [0.25, 0.3) is 0 Å². The Kier molecular flexibility index (Phi) is 6.28. The summed E-state index contributed by atoms with van der Waals surface area (Å²) < 4.78 is 35.4. The van der Waals surface area contributed by atoms with Gasteiger partial charge in [-0.05, 0) is 48.5 Å². The van der Waals surface area contributed by atoms with Crippen LogP contribution in [-0.4, -0.2) is 33.6 Å². The number of rotatable bonds is 7. The van der Waals surface area contributed by atoms with Gasteiger partial charge in [-0.2, -0.15) is 5.10 Å². The second kappa shape index (κ2) is 10.4. The highest BCUT2D eigenvalue weighted by Gasteiger charge is 2.16. The third-order valence-corrected chi connectivity index (χ3v) is 7.20. The molecule has 0 radical (unpaired) electrons. The number of methoxy groups -OCH3 is 2. The zero-order chi connectivity index (χ0) is 28.6. The maximum absolute atomic E-state index is 14.2. The molecule has 42 heavy (non-hydrogen) atoms. The van der Waals surface area contributed by atoms with Crippen molar-refractivity contribution in [3.05, 3.63) is 121 Å². The fraction of sp³-hybridized carbons (Fsp3) is 0.0588. The van der Waals surface area contributed by atoms with E-state index in [9.17, 15) is 4.39 Å². The molecule has 206 valence electrons. The quantitative estimate of drug-likeness (QED) is 0.199. The van der Waals surface area contributed by atoms with E-state index in [1.54, 1.807) is 25.1 Å². The topological polar surface area (TPSA) is 63.3 Å². The van der Waals surface area contributed by atoms with Gasteiger partial charge in [0.1, 0.15) is 34.6 Å². The number of nitrogens with zero attached hydrogens (tertiary/aromatic N) is 4. The molecule has 7 nitrogen and oxygen atoms in total. The molecule has 7 rings (SSSR count). The Balaban J connectivity index is 1.25. The molecule has 3 aromatic heterocycles. The molecule has 0 amide bonds. The number of fused-ring (bicyclic) bond motifs is 3. The lowest BCUT2D eigenvalue weighted by atomic mass is 10.1. The van der Waals surface area contributed by atoms with E-state index < -0.39 is 0 Å². The third kappa shape index (κ3) is 4.39. The number of hydrogen-bond donors (Lipinski definition) is 0. The Bertz CT molecular complexity index is 2060. The van der Waals surface area contributed by atoms with Gasteiger partial charge < -0.3 is 14.2 Å². The van der Waals surface area contributed by atoms with Gasteiger partial charge in [0.2, 0.25) is 0 Å². The molecule has 0 saturated heterocycles. The van der Waals surface area contributed by atoms with E-state index in [4.69, 9.17) is 14.2 Å². The summed E-state index contributed by atoms with van der Waals surface area (Å²) in [6, 6.07) is 30.1. The highest BCUT2D eigenvalue weighted by molar-refractivity contribution is 6.09. The molecule has 0 spiro atoms. The Morgan fingerprint density at radius 3 is 2.29 bits per heavy atom. The minimum Gasteiger partial charge on any atom is -0.496 e. The van der Waals surface area contributed by atoms with E-state index >= 15 is 0 Å². The average Bonchev–Trinajstić information content (AvgIpc) is 3.64. The van der Waals surface area contributed by atoms with E-state index in [1.807, 2.05) is 89.6 Å². The predicted molar refractivity (Wildman–Crippen MR) is 161 cm³/mol. The van der Waals surface area contributed by atoms with Crippen LogP contribution in [0.2, 0.25) is 0 Å². The smallest absolute Gasteiger partial charge is 0.140 e. The SMILES string of the molecule is COc1cccc(OC)c1-c1cnn(-c2cccc(Oc3ccc4c5ccccc5n(-c5cc(F)ccn5)c4c3)c2)c1. The predicted octanol–water partition coefficient (Wildman–Crippen LogP) is 7.98. The fourth-order valence-corrected chi connectivity index (χ4v) is 5.33. The van der Waals surface area contributed by atoms with Crippen LogP contribution in [0.25, 0.3) is 44.4 Å². The number of para-hydroxylation sites is 1. The molecular weight excluding hydrogens is 531 g/mol. The number of benzene rings is 4. The molecule has 7 aromatic rings. The van der Waals surface area contributed by atoms with Crippen LogP contribution in [0.1, 0.15) is 0 Å². The van der Waals surface area contributed by atoms with Crippen LogP contribution >= 0.6 is 0 Å². The van der Waals surface area contributed by atoms with Gasteiger partial charge in [0.15, 0.2) is 0 Å². The summed E-state index contributed by atoms with van der Waals surface area (Å²) in [6.07, 6.45) is 5.18. The Hall–Kier alpha value is -5.63. The van der Waals surface area contributed by atoms with Crippen LogP contribution < -0.4 is 14.2 Å². The maximum Gasteiger partial charge on any atom is 0.140 e. The zero-order valence-electron chi connectivity index (χ0n) is 22.9. The van der Waals surface area contributed by atoms with Gasteiger partial charge >= 0.3 is 0 Å². The Morgan fingerprint density at radius 1 is 0.714 bits per heavy atom. The van der Waals surface area contributed by atoms with Crippen LogP contribution in [0.4, 0.5) is 4.39 Å². The van der Waals surface area contributed by atoms with Crippen LogP contribution in [0.3, 0.4) is 0 Å². The number of halogens is 1. The summed E-state index contributed by atoms with van der Waals surface area (Å²) in [5.41, 5.74) is 4.32. The van der Waals surface area contributed by atoms with Crippen molar-refractivity contribution in [2.24, 2.45) is 0 Å². The molecule has 0 bridgehead atoms. The van der Waals surface area contributed by atoms with Crippen molar-refractivity contribution in [2.45, 2.75) is 0 Å². The standard InChI is InChI=1S/C34H25FN4O3/c1-40-31-11-6-12-32(41-2)34(31)22-20-37-38(21-22)24-7-5-8-25(18-24)42-26-13-14-28-27-9-3-4-10-29(27)39(30(28)19-26)33-17-23(35)15-16-36-33/h3-21H,1-2H3. The van der Waals surface area contributed by atoms with Crippen LogP contribution in [0, 0.1) is 5.82 Å². The third-order valence-electron chi connectivity index (χ3n) is 7.20. The first-order valence-electron chi connectivity index (χ1n) is 13.3. The van der Waals surface area contributed by atoms with Crippen molar-refractivity contribution in [2.75, 3.05) is 14.2 Å². The van der Waals surface area contributed by atoms with Gasteiger partial charge in [-0.15, -0.1) is 0 Å². The Labute approximate surface area is 241 Å². The molecule has 0 unspecified atom stereocenters. The molecule has 0 saturated carbocycles. The largest absolute Gasteiger partial charge is 0.496 e. The minimum absolute atomic E-state index is 0.346. The molecule has 0 atom stereocenters. The summed E-state index contributed by atoms with van der Waals surface area (Å²) in [7, 11) is 3.27. The first-order valence-corrected chi connectivity index (χ1v) is 13.3. The molecule has 0 aliphatic heterocycles. The second-order valence-electron chi connectivity index (χ2n) is 9.67. The minimum atomic E-state index is -0.346. The van der Waals surface area contributed by atoms with Crippen LogP contribution in [-0.2, 0) is 0 Å². The number of aromatic nitrogens is 4. The molecule has 0 aliphatic carbocycles. The van der Waals surface area contributed by atoms with E-state index in [-0.39, 0.29) is 5.82 Å². The van der Waals surface area contributed by atoms with Crippen molar-refractivity contribution in [3.8, 4) is 45.6 Å². The zero-order valence-corrected chi connectivity index (χ0v) is 22.9. The Morgan fingerprint density at radius 2 is 1.48 bits per heavy atom. The summed E-state index contributed by atoms with van der Waals surface area (Å²) in [6.45, 7) is 0. The first-order chi connectivity index (χ1) is 20.6. The first kappa shape index (κ1) is 25.3. The van der Waals surface area contributed by atoms with E-state index in [1.165, 1.54) is 18.3 Å². The highest BCUT2D eigenvalue weighted by atomic mass is 19.1. The van der Waals surface area contributed by atoms with Crippen molar-refractivity contribution >= 4 is 21.8 Å². The van der Waals surface area contributed by atoms with Gasteiger partial charge in [-0.1, -0.05) is 30.3 Å². The number of ether oxygens (including phenoxy) is 3. The fourth-order valence-electron chi connectivity index (χ4n) is 5.33. The highest BCUT2D eigenvalue weighted by Crippen LogP contribution is 2.39. The summed E-state index contributed by atoms with van der Waals surface area (Å²) in [4.78, 5) is 4.44. The molecule has 0 N–H and O–H groups in total. The van der Waals surface area contributed by atoms with E-state index in [0.29, 0.717) is 28.8 Å². The second-order valence-corrected chi connectivity index (χ2v) is 9.67. The summed E-state index contributed by atoms with van der Waals surface area (Å²) >= 11 is 0. The maximum atomic E-state index is 14.2. The molecule has 8 heteroatoms. The molecule has 0 fully saturated rings. The van der Waals surface area contributed by atoms with E-state index in [0.717, 1.165) is 38.6 Å². The lowest BCUT2D eigenvalue weighted by Gasteiger charge is -2.11. The molecule has 3 heterocycles. The van der Waals surface area contributed by atoms with Crippen molar-refractivity contribution < 1.29 is 18.6 Å². The lowest BCUT2D eigenvalue weighted by Crippen LogP contribution is -1.98. The molecule has 0 aliphatic rings. The average molecular weight is 557 g/mol. The van der Waals surface area contributed by atoms with Gasteiger partial charge in [0, 0.05) is 46.9 Å².